The summed E-state index contributed by atoms with van der Waals surface area (Å²) in [5.41, 5.74) is 1.14. The number of benzene rings is 1. The van der Waals surface area contributed by atoms with E-state index in [0.29, 0.717) is 13.0 Å². The molecule has 1 aromatic rings. The zero-order chi connectivity index (χ0) is 13.4. The SMILES string of the molecule is CNCCC(=O)NC(CN(C)C)c1ccccc1. The summed E-state index contributed by atoms with van der Waals surface area (Å²) in [5, 5.41) is 6.06. The molecule has 2 N–H and O–H groups in total. The van der Waals surface area contributed by atoms with Gasteiger partial charge < -0.3 is 15.5 Å². The molecule has 1 unspecified atom stereocenters. The lowest BCUT2D eigenvalue weighted by Crippen LogP contribution is -2.36. The summed E-state index contributed by atoms with van der Waals surface area (Å²) in [6.07, 6.45) is 0.507. The first-order chi connectivity index (χ1) is 8.63. The molecule has 4 nitrogen and oxygen atoms in total. The fourth-order valence-electron chi connectivity index (χ4n) is 1.79. The summed E-state index contributed by atoms with van der Waals surface area (Å²) in [4.78, 5) is 13.9. The Bertz CT molecular complexity index is 351. The van der Waals surface area contributed by atoms with Crippen molar-refractivity contribution in [1.29, 1.82) is 0 Å². The predicted octanol–water partition coefficient (Wildman–Crippen LogP) is 1.02. The van der Waals surface area contributed by atoms with Gasteiger partial charge in [0.15, 0.2) is 0 Å². The van der Waals surface area contributed by atoms with Crippen LogP contribution in [0.25, 0.3) is 0 Å². The largest absolute Gasteiger partial charge is 0.348 e. The molecule has 0 spiro atoms. The lowest BCUT2D eigenvalue weighted by Gasteiger charge is -2.22. The van der Waals surface area contributed by atoms with Gasteiger partial charge in [0, 0.05) is 19.5 Å². The number of rotatable bonds is 7. The van der Waals surface area contributed by atoms with Gasteiger partial charge >= 0.3 is 0 Å². The summed E-state index contributed by atoms with van der Waals surface area (Å²) in [6.45, 7) is 1.50. The lowest BCUT2D eigenvalue weighted by molar-refractivity contribution is -0.121. The van der Waals surface area contributed by atoms with E-state index in [0.717, 1.165) is 12.1 Å². The molecule has 4 heteroatoms. The number of hydrogen-bond donors (Lipinski definition) is 2. The first kappa shape index (κ1) is 14.7. The van der Waals surface area contributed by atoms with Crippen LogP contribution in [0.15, 0.2) is 30.3 Å². The van der Waals surface area contributed by atoms with Crippen LogP contribution < -0.4 is 10.6 Å². The predicted molar refractivity (Wildman–Crippen MR) is 74.4 cm³/mol. The topological polar surface area (TPSA) is 44.4 Å². The molecule has 0 aliphatic carbocycles. The van der Waals surface area contributed by atoms with Gasteiger partial charge in [-0.2, -0.15) is 0 Å². The van der Waals surface area contributed by atoms with Gasteiger partial charge in [-0.3, -0.25) is 4.79 Å². The Kier molecular flexibility index (Phi) is 6.39. The van der Waals surface area contributed by atoms with E-state index in [4.69, 9.17) is 0 Å². The summed E-state index contributed by atoms with van der Waals surface area (Å²) in [6, 6.07) is 10.1. The van der Waals surface area contributed by atoms with Gasteiger partial charge in [0.25, 0.3) is 0 Å². The van der Waals surface area contributed by atoms with Crippen LogP contribution in [0.3, 0.4) is 0 Å². The first-order valence-corrected chi connectivity index (χ1v) is 6.27. The summed E-state index contributed by atoms with van der Waals surface area (Å²) < 4.78 is 0. The van der Waals surface area contributed by atoms with Crippen molar-refractivity contribution in [1.82, 2.24) is 15.5 Å². The van der Waals surface area contributed by atoms with Crippen LogP contribution in [0, 0.1) is 0 Å². The molecule has 18 heavy (non-hydrogen) atoms. The molecule has 0 aliphatic rings. The minimum atomic E-state index is 0.0468. The molecule has 1 aromatic carbocycles. The van der Waals surface area contributed by atoms with Gasteiger partial charge in [0.2, 0.25) is 5.91 Å². The van der Waals surface area contributed by atoms with Gasteiger partial charge in [-0.05, 0) is 26.7 Å². The average Bonchev–Trinajstić information content (AvgIpc) is 2.36. The van der Waals surface area contributed by atoms with E-state index in [1.165, 1.54) is 0 Å². The highest BCUT2D eigenvalue weighted by Gasteiger charge is 2.14. The van der Waals surface area contributed by atoms with E-state index in [2.05, 4.69) is 15.5 Å². The Hall–Kier alpha value is -1.39. The van der Waals surface area contributed by atoms with Gasteiger partial charge in [-0.1, -0.05) is 30.3 Å². The number of carbonyl (C=O) groups is 1. The van der Waals surface area contributed by atoms with Crippen LogP contribution >= 0.6 is 0 Å². The second-order valence-corrected chi connectivity index (χ2v) is 4.65. The van der Waals surface area contributed by atoms with Crippen LogP contribution in [0.4, 0.5) is 0 Å². The van der Waals surface area contributed by atoms with Gasteiger partial charge in [0.1, 0.15) is 0 Å². The van der Waals surface area contributed by atoms with Crippen molar-refractivity contribution in [3.05, 3.63) is 35.9 Å². The minimum Gasteiger partial charge on any atom is -0.348 e. The molecule has 0 aliphatic heterocycles. The lowest BCUT2D eigenvalue weighted by atomic mass is 10.1. The Morgan fingerprint density at radius 1 is 1.28 bits per heavy atom. The Balaban J connectivity index is 2.64. The standard InChI is InChI=1S/C14H23N3O/c1-15-10-9-14(18)16-13(11-17(2)3)12-7-5-4-6-8-12/h4-8,13,15H,9-11H2,1-3H3,(H,16,18). The van der Waals surface area contributed by atoms with Crippen molar-refractivity contribution >= 4 is 5.91 Å². The molecule has 0 fully saturated rings. The molecule has 0 bridgehead atoms. The third-order valence-electron chi connectivity index (χ3n) is 2.69. The van der Waals surface area contributed by atoms with Gasteiger partial charge in [-0.25, -0.2) is 0 Å². The average molecular weight is 249 g/mol. The van der Waals surface area contributed by atoms with Crippen LogP contribution in [0.1, 0.15) is 18.0 Å². The van der Waals surface area contributed by atoms with Crippen LogP contribution in [0.2, 0.25) is 0 Å². The molecular formula is C14H23N3O. The zero-order valence-electron chi connectivity index (χ0n) is 11.4. The zero-order valence-corrected chi connectivity index (χ0v) is 11.4. The normalized spacial score (nSPS) is 12.4. The van der Waals surface area contributed by atoms with Crippen molar-refractivity contribution in [2.75, 3.05) is 34.2 Å². The second kappa shape index (κ2) is 7.84. The highest BCUT2D eigenvalue weighted by molar-refractivity contribution is 5.76. The monoisotopic (exact) mass is 249 g/mol. The molecule has 0 saturated carbocycles. The smallest absolute Gasteiger partial charge is 0.221 e. The van der Waals surface area contributed by atoms with E-state index >= 15 is 0 Å². The maximum atomic E-state index is 11.8. The van der Waals surface area contributed by atoms with Crippen LogP contribution in [-0.4, -0.2) is 45.0 Å². The van der Waals surface area contributed by atoms with E-state index in [1.807, 2.05) is 51.5 Å². The Morgan fingerprint density at radius 3 is 2.50 bits per heavy atom. The third-order valence-corrected chi connectivity index (χ3v) is 2.69. The van der Waals surface area contributed by atoms with Gasteiger partial charge in [-0.15, -0.1) is 0 Å². The van der Waals surface area contributed by atoms with E-state index in [9.17, 15) is 4.79 Å². The molecule has 1 atom stereocenters. The molecule has 100 valence electrons. The van der Waals surface area contributed by atoms with E-state index < -0.39 is 0 Å². The molecule has 1 amide bonds. The van der Waals surface area contributed by atoms with Crippen molar-refractivity contribution in [2.45, 2.75) is 12.5 Å². The fraction of sp³-hybridized carbons (Fsp3) is 0.500. The number of carbonyl (C=O) groups excluding carboxylic acids is 1. The van der Waals surface area contributed by atoms with E-state index in [1.54, 1.807) is 0 Å². The highest BCUT2D eigenvalue weighted by atomic mass is 16.1. The Morgan fingerprint density at radius 2 is 1.94 bits per heavy atom. The van der Waals surface area contributed by atoms with Crippen molar-refractivity contribution < 1.29 is 4.79 Å². The number of likely N-dealkylation sites (N-methyl/N-ethyl adjacent to an activating group) is 1. The molecule has 0 aromatic heterocycles. The van der Waals surface area contributed by atoms with Crippen molar-refractivity contribution in [3.8, 4) is 0 Å². The summed E-state index contributed by atoms with van der Waals surface area (Å²) in [7, 11) is 5.87. The molecular weight excluding hydrogens is 226 g/mol. The summed E-state index contributed by atoms with van der Waals surface area (Å²) in [5.74, 6) is 0.0834. The first-order valence-electron chi connectivity index (χ1n) is 6.27. The maximum absolute atomic E-state index is 11.8. The molecule has 1 rings (SSSR count). The number of amides is 1. The number of nitrogens with zero attached hydrogens (tertiary/aromatic N) is 1. The van der Waals surface area contributed by atoms with Crippen LogP contribution in [0.5, 0.6) is 0 Å². The fourth-order valence-corrected chi connectivity index (χ4v) is 1.79. The van der Waals surface area contributed by atoms with E-state index in [-0.39, 0.29) is 11.9 Å². The van der Waals surface area contributed by atoms with Gasteiger partial charge in [0.05, 0.1) is 6.04 Å². The maximum Gasteiger partial charge on any atom is 0.221 e. The minimum absolute atomic E-state index is 0.0468. The number of hydrogen-bond acceptors (Lipinski definition) is 3. The Labute approximate surface area is 109 Å². The van der Waals surface area contributed by atoms with Crippen LogP contribution in [-0.2, 0) is 4.79 Å². The molecule has 0 radical (unpaired) electrons. The van der Waals surface area contributed by atoms with Crippen molar-refractivity contribution in [3.63, 3.8) is 0 Å². The quantitative estimate of drug-likeness (QED) is 0.758. The highest BCUT2D eigenvalue weighted by Crippen LogP contribution is 2.13. The summed E-state index contributed by atoms with van der Waals surface area (Å²) >= 11 is 0. The number of nitrogens with one attached hydrogen (secondary N) is 2. The van der Waals surface area contributed by atoms with Crippen molar-refractivity contribution in [2.24, 2.45) is 0 Å². The molecule has 0 heterocycles. The third kappa shape index (κ3) is 5.29. The second-order valence-electron chi connectivity index (χ2n) is 4.65. The molecule has 0 saturated heterocycles.